The second-order valence-corrected chi connectivity index (χ2v) is 8.31. The van der Waals surface area contributed by atoms with Gasteiger partial charge in [-0.25, -0.2) is 0 Å². The van der Waals surface area contributed by atoms with Crippen molar-refractivity contribution in [1.82, 2.24) is 20.8 Å². The molecule has 0 aromatic carbocycles. The van der Waals surface area contributed by atoms with Gasteiger partial charge in [0, 0.05) is 31.6 Å². The summed E-state index contributed by atoms with van der Waals surface area (Å²) < 4.78 is 5.26. The average molecular weight is 396 g/mol. The molecule has 1 atom stereocenters. The number of hydrogen-bond acceptors (Lipinski definition) is 5. The van der Waals surface area contributed by atoms with Crippen LogP contribution in [-0.2, 0) is 4.79 Å². The van der Waals surface area contributed by atoms with Gasteiger partial charge in [0.25, 0.3) is 5.91 Å². The number of pyridine rings is 1. The lowest BCUT2D eigenvalue weighted by atomic mass is 9.77. The Hall–Kier alpha value is -2.70. The van der Waals surface area contributed by atoms with Gasteiger partial charge in [0.1, 0.15) is 5.76 Å². The van der Waals surface area contributed by atoms with E-state index in [-0.39, 0.29) is 17.9 Å². The highest BCUT2D eigenvalue weighted by molar-refractivity contribution is 5.92. The maximum Gasteiger partial charge on any atom is 0.273 e. The maximum absolute atomic E-state index is 12.3. The Bertz CT molecular complexity index is 839. The van der Waals surface area contributed by atoms with Gasteiger partial charge >= 0.3 is 0 Å². The minimum Gasteiger partial charge on any atom is -0.360 e. The summed E-state index contributed by atoms with van der Waals surface area (Å²) in [4.78, 5) is 28.5. The highest BCUT2D eigenvalue weighted by Gasteiger charge is 2.31. The fourth-order valence-electron chi connectivity index (χ4n) is 4.22. The first-order valence-electron chi connectivity index (χ1n) is 10.5. The SMILES string of the molecule is CC(=O)NC(c1ccccn1)C1CCC(CNC(=O)c2cc(C3CC3)on2)CC1. The van der Waals surface area contributed by atoms with Crippen LogP contribution in [0.15, 0.2) is 35.0 Å². The normalized spacial score (nSPS) is 22.7. The van der Waals surface area contributed by atoms with Gasteiger partial charge in [-0.1, -0.05) is 11.2 Å². The molecule has 1 unspecified atom stereocenters. The van der Waals surface area contributed by atoms with Gasteiger partial charge in [-0.3, -0.25) is 14.6 Å². The van der Waals surface area contributed by atoms with Crippen molar-refractivity contribution in [3.8, 4) is 0 Å². The molecule has 2 aromatic rings. The summed E-state index contributed by atoms with van der Waals surface area (Å²) >= 11 is 0. The van der Waals surface area contributed by atoms with Crippen molar-refractivity contribution in [3.63, 3.8) is 0 Å². The van der Waals surface area contributed by atoms with Crippen molar-refractivity contribution in [2.24, 2.45) is 11.8 Å². The van der Waals surface area contributed by atoms with Crippen molar-refractivity contribution in [2.45, 2.75) is 57.4 Å². The fraction of sp³-hybridized carbons (Fsp3) is 0.545. The van der Waals surface area contributed by atoms with Crippen LogP contribution >= 0.6 is 0 Å². The molecule has 154 valence electrons. The summed E-state index contributed by atoms with van der Waals surface area (Å²) in [6.45, 7) is 2.20. The van der Waals surface area contributed by atoms with Crippen LogP contribution in [0, 0.1) is 11.8 Å². The second-order valence-electron chi connectivity index (χ2n) is 8.31. The predicted octanol–water partition coefficient (Wildman–Crippen LogP) is 3.36. The number of hydrogen-bond donors (Lipinski definition) is 2. The molecular weight excluding hydrogens is 368 g/mol. The van der Waals surface area contributed by atoms with E-state index in [1.54, 1.807) is 19.2 Å². The molecule has 7 heteroatoms. The summed E-state index contributed by atoms with van der Waals surface area (Å²) in [7, 11) is 0. The standard InChI is InChI=1S/C22H28N4O3/c1-14(27)25-21(18-4-2-3-11-23-18)17-7-5-15(6-8-17)13-24-22(28)19-12-20(29-26-19)16-9-10-16/h2-4,11-12,15-17,21H,5-10,13H2,1H3,(H,24,28)(H,25,27). The second kappa shape index (κ2) is 8.76. The van der Waals surface area contributed by atoms with E-state index in [9.17, 15) is 9.59 Å². The minimum atomic E-state index is -0.160. The molecule has 4 rings (SSSR count). The summed E-state index contributed by atoms with van der Waals surface area (Å²) in [5.74, 6) is 1.88. The van der Waals surface area contributed by atoms with Crippen molar-refractivity contribution < 1.29 is 14.1 Å². The Balaban J connectivity index is 1.27. The highest BCUT2D eigenvalue weighted by Crippen LogP contribution is 2.40. The average Bonchev–Trinajstić information content (AvgIpc) is 3.48. The molecule has 2 aliphatic carbocycles. The molecule has 0 saturated heterocycles. The fourth-order valence-corrected chi connectivity index (χ4v) is 4.22. The number of carbonyl (C=O) groups is 2. The number of aromatic nitrogens is 2. The smallest absolute Gasteiger partial charge is 0.273 e. The topological polar surface area (TPSA) is 97.1 Å². The van der Waals surface area contributed by atoms with Crippen LogP contribution in [0.5, 0.6) is 0 Å². The molecule has 0 aliphatic heterocycles. The zero-order valence-corrected chi connectivity index (χ0v) is 16.8. The van der Waals surface area contributed by atoms with Crippen LogP contribution in [0.25, 0.3) is 0 Å². The monoisotopic (exact) mass is 396 g/mol. The molecule has 2 fully saturated rings. The van der Waals surface area contributed by atoms with E-state index in [0.29, 0.717) is 30.0 Å². The van der Waals surface area contributed by atoms with Gasteiger partial charge in [0.2, 0.25) is 5.91 Å². The highest BCUT2D eigenvalue weighted by atomic mass is 16.5. The van der Waals surface area contributed by atoms with Crippen LogP contribution in [0.1, 0.15) is 79.4 Å². The molecule has 2 amide bonds. The summed E-state index contributed by atoms with van der Waals surface area (Å²) in [5, 5.41) is 9.99. The predicted molar refractivity (Wildman–Crippen MR) is 107 cm³/mol. The van der Waals surface area contributed by atoms with E-state index in [0.717, 1.165) is 50.0 Å². The van der Waals surface area contributed by atoms with Gasteiger partial charge in [-0.05, 0) is 62.5 Å². The number of amides is 2. The molecule has 29 heavy (non-hydrogen) atoms. The van der Waals surface area contributed by atoms with E-state index < -0.39 is 0 Å². The maximum atomic E-state index is 12.3. The van der Waals surface area contributed by atoms with E-state index in [4.69, 9.17) is 4.52 Å². The van der Waals surface area contributed by atoms with E-state index in [1.165, 1.54) is 0 Å². The Kier molecular flexibility index (Phi) is 5.92. The third kappa shape index (κ3) is 5.02. The molecule has 2 heterocycles. The Morgan fingerprint density at radius 1 is 1.17 bits per heavy atom. The Morgan fingerprint density at radius 2 is 1.97 bits per heavy atom. The molecular formula is C22H28N4O3. The van der Waals surface area contributed by atoms with Gasteiger partial charge in [-0.15, -0.1) is 0 Å². The third-order valence-corrected chi connectivity index (χ3v) is 6.02. The van der Waals surface area contributed by atoms with Crippen LogP contribution in [0.3, 0.4) is 0 Å². The van der Waals surface area contributed by atoms with E-state index in [1.807, 2.05) is 18.2 Å². The minimum absolute atomic E-state index is 0.0341. The first-order chi connectivity index (χ1) is 14.1. The van der Waals surface area contributed by atoms with E-state index >= 15 is 0 Å². The molecule has 0 bridgehead atoms. The van der Waals surface area contributed by atoms with E-state index in [2.05, 4.69) is 20.8 Å². The van der Waals surface area contributed by atoms with Crippen LogP contribution in [0.2, 0.25) is 0 Å². The molecule has 0 spiro atoms. The zero-order chi connectivity index (χ0) is 20.2. The quantitative estimate of drug-likeness (QED) is 0.748. The third-order valence-electron chi connectivity index (χ3n) is 6.02. The number of rotatable bonds is 7. The summed E-state index contributed by atoms with van der Waals surface area (Å²) in [6, 6.07) is 7.53. The van der Waals surface area contributed by atoms with Crippen molar-refractivity contribution in [1.29, 1.82) is 0 Å². The number of nitrogens with zero attached hydrogens (tertiary/aromatic N) is 2. The molecule has 2 N–H and O–H groups in total. The Labute approximate surface area is 170 Å². The van der Waals surface area contributed by atoms with Crippen LogP contribution < -0.4 is 10.6 Å². The molecule has 2 aromatic heterocycles. The largest absolute Gasteiger partial charge is 0.360 e. The lowest BCUT2D eigenvalue weighted by Gasteiger charge is -2.34. The van der Waals surface area contributed by atoms with Crippen molar-refractivity contribution in [3.05, 3.63) is 47.6 Å². The number of nitrogens with one attached hydrogen (secondary N) is 2. The lowest BCUT2D eigenvalue weighted by Crippen LogP contribution is -2.36. The molecule has 2 saturated carbocycles. The summed E-state index contributed by atoms with van der Waals surface area (Å²) in [6.07, 6.45) is 8.04. The molecule has 2 aliphatic rings. The van der Waals surface area contributed by atoms with Crippen molar-refractivity contribution >= 4 is 11.8 Å². The van der Waals surface area contributed by atoms with Gasteiger partial charge < -0.3 is 15.2 Å². The zero-order valence-electron chi connectivity index (χ0n) is 16.8. The first kappa shape index (κ1) is 19.6. The first-order valence-corrected chi connectivity index (χ1v) is 10.5. The van der Waals surface area contributed by atoms with Crippen LogP contribution in [0.4, 0.5) is 0 Å². The Morgan fingerprint density at radius 3 is 2.62 bits per heavy atom. The van der Waals surface area contributed by atoms with Gasteiger partial charge in [0.05, 0.1) is 11.7 Å². The van der Waals surface area contributed by atoms with Crippen LogP contribution in [-0.4, -0.2) is 28.5 Å². The van der Waals surface area contributed by atoms with Gasteiger partial charge in [0.15, 0.2) is 5.69 Å². The molecule has 7 nitrogen and oxygen atoms in total. The number of carbonyl (C=O) groups excluding carboxylic acids is 2. The lowest BCUT2D eigenvalue weighted by molar-refractivity contribution is -0.120. The summed E-state index contributed by atoms with van der Waals surface area (Å²) in [5.41, 5.74) is 1.29. The van der Waals surface area contributed by atoms with Gasteiger partial charge in [-0.2, -0.15) is 0 Å². The van der Waals surface area contributed by atoms with Crippen molar-refractivity contribution in [2.75, 3.05) is 6.54 Å². The molecule has 0 radical (unpaired) electrons.